The van der Waals surface area contributed by atoms with Gasteiger partial charge in [-0.3, -0.25) is 9.59 Å². The summed E-state index contributed by atoms with van der Waals surface area (Å²) in [5, 5.41) is 10.1. The Morgan fingerprint density at radius 1 is 0.625 bits per heavy atom. The Labute approximate surface area is 281 Å². The Morgan fingerprint density at radius 2 is 1.04 bits per heavy atom. The zero-order valence-corrected chi connectivity index (χ0v) is 28.4. The van der Waals surface area contributed by atoms with Crippen LogP contribution in [0.2, 0.25) is 0 Å². The van der Waals surface area contributed by atoms with Gasteiger partial charge in [0.05, 0.1) is 33.2 Å². The van der Waals surface area contributed by atoms with Crippen molar-refractivity contribution in [2.75, 3.05) is 38.0 Å². The zero-order chi connectivity index (χ0) is 34.1. The zero-order valence-electron chi connectivity index (χ0n) is 28.4. The summed E-state index contributed by atoms with van der Waals surface area (Å²) >= 11 is 0. The molecule has 2 atom stereocenters. The second-order valence-corrected chi connectivity index (χ2v) is 12.8. The maximum absolute atomic E-state index is 13.8. The summed E-state index contributed by atoms with van der Waals surface area (Å²) < 4.78 is 0. The molecule has 4 N–H and O–H groups in total. The Hall–Kier alpha value is -5.28. The first kappa shape index (κ1) is 32.7. The van der Waals surface area contributed by atoms with Crippen LogP contribution in [0.3, 0.4) is 0 Å². The lowest BCUT2D eigenvalue weighted by atomic mass is 9.95. The second-order valence-electron chi connectivity index (χ2n) is 12.8. The number of hydrogen-bond acceptors (Lipinski definition) is 7. The lowest BCUT2D eigenvalue weighted by Gasteiger charge is -2.31. The highest BCUT2D eigenvalue weighted by Crippen LogP contribution is 2.27. The average molecular weight is 642 g/mol. The van der Waals surface area contributed by atoms with Crippen LogP contribution in [0.5, 0.6) is 0 Å². The Morgan fingerprint density at radius 3 is 1.42 bits per heavy atom. The second kappa shape index (κ2) is 13.4. The molecule has 2 amide bonds. The van der Waals surface area contributed by atoms with E-state index in [9.17, 15) is 9.59 Å². The van der Waals surface area contributed by atoms with Crippen LogP contribution in [0, 0.1) is 0 Å². The van der Waals surface area contributed by atoms with E-state index in [4.69, 9.17) is 15.7 Å². The van der Waals surface area contributed by atoms with Gasteiger partial charge in [-0.15, -0.1) is 0 Å². The van der Waals surface area contributed by atoms with Gasteiger partial charge in [0.2, 0.25) is 0 Å². The molecule has 9 heteroatoms. The van der Waals surface area contributed by atoms with Crippen LogP contribution in [0.1, 0.15) is 47.4 Å². The lowest BCUT2D eigenvalue weighted by molar-refractivity contribution is 0.0909. The molecule has 6 aromatic rings. The molecule has 0 spiro atoms. The minimum absolute atomic E-state index is 0.248. The fraction of sp³-hybridized carbons (Fsp3) is 0.282. The Bertz CT molecular complexity index is 2010. The van der Waals surface area contributed by atoms with E-state index >= 15 is 0 Å². The number of fused-ring (bicyclic) bond motifs is 4. The molecule has 2 heterocycles. The van der Waals surface area contributed by atoms with Gasteiger partial charge in [0.15, 0.2) is 0 Å². The molecule has 6 rings (SSSR count). The predicted octanol–water partition coefficient (Wildman–Crippen LogP) is 6.27. The highest BCUT2D eigenvalue weighted by molar-refractivity contribution is 6.09. The first-order chi connectivity index (χ1) is 23.1. The largest absolute Gasteiger partial charge is 0.378 e. The number of para-hydroxylation sites is 2. The standard InChI is InChI=1S/C39H43N7O2/c1-7-31(43-38(47)29-13-9-11-25-19-23-15-17-27(45(3)4)21-33(23)41-36(25)29)35(40)32(8-2)44-39(48)30-14-10-12-26-20-24-16-18-28(46(5)6)22-34(24)42-37(26)30/h9-22,31-32,35H,7-8,40H2,1-6H3,(H,43,47)(H,44,48). The van der Waals surface area contributed by atoms with Crippen molar-refractivity contribution in [3.05, 3.63) is 96.1 Å². The number of carbonyl (C=O) groups excluding carboxylic acids is 2. The maximum atomic E-state index is 13.8. The molecule has 0 saturated heterocycles. The summed E-state index contributed by atoms with van der Waals surface area (Å²) in [6.07, 6.45) is 1.17. The quantitative estimate of drug-likeness (QED) is 0.151. The van der Waals surface area contributed by atoms with Crippen molar-refractivity contribution in [2.45, 2.75) is 44.8 Å². The first-order valence-corrected chi connectivity index (χ1v) is 16.5. The van der Waals surface area contributed by atoms with Crippen molar-refractivity contribution in [2.24, 2.45) is 5.73 Å². The number of benzene rings is 4. The summed E-state index contributed by atoms with van der Waals surface area (Å²) in [7, 11) is 7.96. The van der Waals surface area contributed by atoms with E-state index in [1.807, 2.05) is 100 Å². The van der Waals surface area contributed by atoms with Crippen LogP contribution in [-0.4, -0.2) is 68.1 Å². The molecule has 0 radical (unpaired) electrons. The summed E-state index contributed by atoms with van der Waals surface area (Å²) in [6, 6.07) is 26.3. The number of hydrogen-bond donors (Lipinski definition) is 3. The van der Waals surface area contributed by atoms with E-state index in [0.717, 1.165) is 44.0 Å². The number of nitrogens with two attached hydrogens (primary N) is 1. The fourth-order valence-electron chi connectivity index (χ4n) is 6.32. The van der Waals surface area contributed by atoms with E-state index < -0.39 is 18.1 Å². The maximum Gasteiger partial charge on any atom is 0.253 e. The topological polar surface area (TPSA) is 116 Å². The van der Waals surface area contributed by atoms with Crippen molar-refractivity contribution in [3.63, 3.8) is 0 Å². The number of nitrogens with one attached hydrogen (secondary N) is 2. The highest BCUT2D eigenvalue weighted by atomic mass is 16.2. The smallest absolute Gasteiger partial charge is 0.253 e. The van der Waals surface area contributed by atoms with E-state index in [0.29, 0.717) is 35.0 Å². The van der Waals surface area contributed by atoms with Gasteiger partial charge in [-0.1, -0.05) is 50.2 Å². The molecule has 0 fully saturated rings. The SMILES string of the molecule is CCC(NC(=O)c1cccc2cc3ccc(N(C)C)cc3nc12)C(N)C(CC)NC(=O)c1cccc2cc3ccc(N(C)C)cc3nc12. The summed E-state index contributed by atoms with van der Waals surface area (Å²) in [6.45, 7) is 3.97. The number of nitrogens with zero attached hydrogens (tertiary/aromatic N) is 4. The summed E-state index contributed by atoms with van der Waals surface area (Å²) in [4.78, 5) is 41.5. The fourth-order valence-corrected chi connectivity index (χ4v) is 6.32. The Balaban J connectivity index is 1.24. The molecule has 4 aromatic carbocycles. The van der Waals surface area contributed by atoms with Crippen LogP contribution in [0.15, 0.2) is 84.9 Å². The van der Waals surface area contributed by atoms with Crippen LogP contribution in [0.4, 0.5) is 11.4 Å². The minimum Gasteiger partial charge on any atom is -0.378 e. The number of aromatic nitrogens is 2. The van der Waals surface area contributed by atoms with Crippen LogP contribution in [-0.2, 0) is 0 Å². The minimum atomic E-state index is -0.536. The number of rotatable bonds is 10. The van der Waals surface area contributed by atoms with Crippen LogP contribution < -0.4 is 26.2 Å². The molecule has 246 valence electrons. The van der Waals surface area contributed by atoms with E-state index in [1.54, 1.807) is 12.1 Å². The van der Waals surface area contributed by atoms with E-state index in [-0.39, 0.29) is 11.8 Å². The first-order valence-electron chi connectivity index (χ1n) is 16.5. The molecule has 0 bridgehead atoms. The van der Waals surface area contributed by atoms with Crippen LogP contribution >= 0.6 is 0 Å². The molecule has 48 heavy (non-hydrogen) atoms. The van der Waals surface area contributed by atoms with Crippen molar-refractivity contribution in [3.8, 4) is 0 Å². The van der Waals surface area contributed by atoms with E-state index in [1.165, 1.54) is 0 Å². The molecule has 9 nitrogen and oxygen atoms in total. The van der Waals surface area contributed by atoms with E-state index in [2.05, 4.69) is 34.9 Å². The molecule has 0 aliphatic heterocycles. The van der Waals surface area contributed by atoms with Gasteiger partial charge in [-0.05, 0) is 61.4 Å². The Kier molecular flexibility index (Phi) is 9.15. The van der Waals surface area contributed by atoms with Crippen molar-refractivity contribution in [1.29, 1.82) is 0 Å². The number of anilines is 2. The van der Waals surface area contributed by atoms with Gasteiger partial charge < -0.3 is 26.2 Å². The molecular weight excluding hydrogens is 598 g/mol. The molecular formula is C39H43N7O2. The number of carbonyl (C=O) groups is 2. The van der Waals surface area contributed by atoms with Crippen molar-refractivity contribution >= 4 is 66.8 Å². The lowest BCUT2D eigenvalue weighted by Crippen LogP contribution is -2.58. The highest BCUT2D eigenvalue weighted by Gasteiger charge is 2.28. The van der Waals surface area contributed by atoms with Gasteiger partial charge in [-0.25, -0.2) is 9.97 Å². The third kappa shape index (κ3) is 6.33. The average Bonchev–Trinajstić information content (AvgIpc) is 3.09. The molecule has 0 aliphatic rings. The number of pyridine rings is 2. The third-order valence-corrected chi connectivity index (χ3v) is 9.21. The van der Waals surface area contributed by atoms with Gasteiger partial charge in [0.25, 0.3) is 11.8 Å². The molecule has 0 aliphatic carbocycles. The molecule has 2 aromatic heterocycles. The third-order valence-electron chi connectivity index (χ3n) is 9.21. The van der Waals surface area contributed by atoms with Gasteiger partial charge in [0.1, 0.15) is 0 Å². The summed E-state index contributed by atoms with van der Waals surface area (Å²) in [5.41, 5.74) is 12.8. The molecule has 2 unspecified atom stereocenters. The monoisotopic (exact) mass is 641 g/mol. The molecule has 0 saturated carbocycles. The predicted molar refractivity (Wildman–Crippen MR) is 198 cm³/mol. The van der Waals surface area contributed by atoms with Crippen molar-refractivity contribution in [1.82, 2.24) is 20.6 Å². The van der Waals surface area contributed by atoms with Gasteiger partial charge >= 0.3 is 0 Å². The van der Waals surface area contributed by atoms with Crippen LogP contribution in [0.25, 0.3) is 43.6 Å². The van der Waals surface area contributed by atoms with Gasteiger partial charge in [-0.2, -0.15) is 0 Å². The van der Waals surface area contributed by atoms with Gasteiger partial charge in [0, 0.05) is 79.2 Å². The summed E-state index contributed by atoms with van der Waals surface area (Å²) in [5.74, 6) is -0.496. The number of amides is 2. The normalized spacial score (nSPS) is 13.4. The van der Waals surface area contributed by atoms with Crippen molar-refractivity contribution < 1.29 is 9.59 Å².